The number of nitro groups is 1. The fourth-order valence-electron chi connectivity index (χ4n) is 2.72. The van der Waals surface area contributed by atoms with Gasteiger partial charge in [-0.2, -0.15) is 0 Å². The molecular weight excluding hydrogens is 254 g/mol. The Kier molecular flexibility index (Phi) is 4.95. The molecule has 0 bridgehead atoms. The minimum Gasteiger partial charge on any atom is -0.380 e. The molecule has 110 valence electrons. The van der Waals surface area contributed by atoms with Crippen LogP contribution in [0.3, 0.4) is 0 Å². The molecule has 1 N–H and O–H groups in total. The molecule has 0 heterocycles. The minimum atomic E-state index is -0.312. The van der Waals surface area contributed by atoms with Gasteiger partial charge in [0.05, 0.1) is 4.92 Å². The van der Waals surface area contributed by atoms with Gasteiger partial charge in [-0.1, -0.05) is 18.6 Å². The highest BCUT2D eigenvalue weighted by atomic mass is 16.6. The Morgan fingerprint density at radius 2 is 2.20 bits per heavy atom. The highest BCUT2D eigenvalue weighted by Gasteiger charge is 2.21. The van der Waals surface area contributed by atoms with Crippen molar-refractivity contribution < 1.29 is 4.92 Å². The molecule has 5 nitrogen and oxygen atoms in total. The largest absolute Gasteiger partial charge is 0.380 e. The molecule has 0 radical (unpaired) electrons. The lowest BCUT2D eigenvalue weighted by molar-refractivity contribution is -0.384. The topological polar surface area (TPSA) is 58.4 Å². The first-order chi connectivity index (χ1) is 9.61. The number of rotatable bonds is 7. The van der Waals surface area contributed by atoms with Crippen LogP contribution in [0.25, 0.3) is 0 Å². The summed E-state index contributed by atoms with van der Waals surface area (Å²) in [6.45, 7) is 4.47. The van der Waals surface area contributed by atoms with Crippen molar-refractivity contribution in [3.05, 3.63) is 33.9 Å². The second-order valence-corrected chi connectivity index (χ2v) is 5.59. The molecular formula is C15H23N3O2. The summed E-state index contributed by atoms with van der Waals surface area (Å²) in [5, 5.41) is 14.3. The van der Waals surface area contributed by atoms with E-state index in [1.54, 1.807) is 12.1 Å². The molecule has 0 saturated heterocycles. The molecule has 1 saturated carbocycles. The number of nitrogens with one attached hydrogen (secondary N) is 1. The van der Waals surface area contributed by atoms with Crippen LogP contribution in [0.4, 0.5) is 11.4 Å². The van der Waals surface area contributed by atoms with Gasteiger partial charge < -0.3 is 10.2 Å². The quantitative estimate of drug-likeness (QED) is 0.614. The minimum absolute atomic E-state index is 0.168. The van der Waals surface area contributed by atoms with Gasteiger partial charge in [-0.15, -0.1) is 0 Å². The summed E-state index contributed by atoms with van der Waals surface area (Å²) in [4.78, 5) is 13.1. The van der Waals surface area contributed by atoms with E-state index in [9.17, 15) is 10.1 Å². The van der Waals surface area contributed by atoms with Crippen molar-refractivity contribution in [3.63, 3.8) is 0 Å². The van der Waals surface area contributed by atoms with E-state index in [1.807, 2.05) is 13.0 Å². The molecule has 1 aliphatic rings. The Labute approximate surface area is 120 Å². The molecule has 1 fully saturated rings. The van der Waals surface area contributed by atoms with Crippen molar-refractivity contribution >= 4 is 11.4 Å². The highest BCUT2D eigenvalue weighted by molar-refractivity contribution is 5.66. The number of anilines is 1. The third-order valence-electron chi connectivity index (χ3n) is 3.91. The lowest BCUT2D eigenvalue weighted by Gasteiger charge is -2.30. The third kappa shape index (κ3) is 3.48. The van der Waals surface area contributed by atoms with Gasteiger partial charge in [-0.3, -0.25) is 10.1 Å². The molecule has 2 rings (SSSR count). The first-order valence-corrected chi connectivity index (χ1v) is 7.30. The lowest BCUT2D eigenvalue weighted by atomic mass is 9.85. The Morgan fingerprint density at radius 1 is 1.45 bits per heavy atom. The Balaban J connectivity index is 2.12. The SMILES string of the molecule is CCNc1c(CN(C)CC2CCC2)cccc1[N+](=O)[O-]. The molecule has 0 atom stereocenters. The average Bonchev–Trinajstić information content (AvgIpc) is 2.36. The zero-order valence-corrected chi connectivity index (χ0v) is 12.3. The Morgan fingerprint density at radius 3 is 2.75 bits per heavy atom. The van der Waals surface area contributed by atoms with Crippen molar-refractivity contribution in [2.75, 3.05) is 25.5 Å². The molecule has 0 unspecified atom stereocenters. The van der Waals surface area contributed by atoms with Crippen molar-refractivity contribution in [3.8, 4) is 0 Å². The van der Waals surface area contributed by atoms with E-state index >= 15 is 0 Å². The fraction of sp³-hybridized carbons (Fsp3) is 0.600. The molecule has 1 aromatic rings. The number of benzene rings is 1. The molecule has 20 heavy (non-hydrogen) atoms. The lowest BCUT2D eigenvalue weighted by Crippen LogP contribution is -2.29. The first-order valence-electron chi connectivity index (χ1n) is 7.30. The van der Waals surface area contributed by atoms with Crippen molar-refractivity contribution in [2.45, 2.75) is 32.7 Å². The van der Waals surface area contributed by atoms with Crippen LogP contribution >= 0.6 is 0 Å². The van der Waals surface area contributed by atoms with Crippen LogP contribution < -0.4 is 5.32 Å². The predicted octanol–water partition coefficient (Wildman–Crippen LogP) is 3.26. The van der Waals surface area contributed by atoms with Crippen LogP contribution in [0.5, 0.6) is 0 Å². The van der Waals surface area contributed by atoms with E-state index in [4.69, 9.17) is 0 Å². The van der Waals surface area contributed by atoms with E-state index in [2.05, 4.69) is 17.3 Å². The summed E-state index contributed by atoms with van der Waals surface area (Å²) in [7, 11) is 2.09. The van der Waals surface area contributed by atoms with Crippen LogP contribution in [0.1, 0.15) is 31.7 Å². The Hall–Kier alpha value is -1.62. The van der Waals surface area contributed by atoms with Crippen LogP contribution in [0.2, 0.25) is 0 Å². The van der Waals surface area contributed by atoms with Gasteiger partial charge in [0.2, 0.25) is 0 Å². The standard InChI is InChI=1S/C15H23N3O2/c1-3-16-15-13(8-5-9-14(15)18(19)20)11-17(2)10-12-6-4-7-12/h5,8-9,12,16H,3-4,6-7,10-11H2,1-2H3. The fourth-order valence-corrected chi connectivity index (χ4v) is 2.72. The van der Waals surface area contributed by atoms with E-state index < -0.39 is 0 Å². The van der Waals surface area contributed by atoms with E-state index in [-0.39, 0.29) is 10.6 Å². The normalized spacial score (nSPS) is 15.2. The zero-order valence-electron chi connectivity index (χ0n) is 12.3. The molecule has 1 aliphatic carbocycles. The maximum Gasteiger partial charge on any atom is 0.292 e. The van der Waals surface area contributed by atoms with Crippen LogP contribution in [-0.4, -0.2) is 30.0 Å². The summed E-state index contributed by atoms with van der Waals surface area (Å²) < 4.78 is 0. The first kappa shape index (κ1) is 14.8. The summed E-state index contributed by atoms with van der Waals surface area (Å²) in [5.41, 5.74) is 1.84. The zero-order chi connectivity index (χ0) is 14.5. The molecule has 1 aromatic carbocycles. The van der Waals surface area contributed by atoms with E-state index in [0.717, 1.165) is 24.6 Å². The van der Waals surface area contributed by atoms with Gasteiger partial charge in [-0.25, -0.2) is 0 Å². The number of hydrogen-bond acceptors (Lipinski definition) is 4. The van der Waals surface area contributed by atoms with Crippen LogP contribution in [0, 0.1) is 16.0 Å². The summed E-state index contributed by atoms with van der Waals surface area (Å²) in [6, 6.07) is 5.31. The third-order valence-corrected chi connectivity index (χ3v) is 3.91. The summed E-state index contributed by atoms with van der Waals surface area (Å²) >= 11 is 0. The molecule has 0 aliphatic heterocycles. The summed E-state index contributed by atoms with van der Waals surface area (Å²) in [6.07, 6.45) is 3.98. The van der Waals surface area contributed by atoms with E-state index in [0.29, 0.717) is 12.2 Å². The maximum absolute atomic E-state index is 11.1. The van der Waals surface area contributed by atoms with Gasteiger partial charge in [0.1, 0.15) is 5.69 Å². The second kappa shape index (κ2) is 6.70. The smallest absolute Gasteiger partial charge is 0.292 e. The molecule has 5 heteroatoms. The predicted molar refractivity (Wildman–Crippen MR) is 80.9 cm³/mol. The Bertz CT molecular complexity index is 472. The summed E-state index contributed by atoms with van der Waals surface area (Å²) in [5.74, 6) is 0.807. The van der Waals surface area contributed by atoms with Gasteiger partial charge in [0.25, 0.3) is 5.69 Å². The molecule has 0 spiro atoms. The monoisotopic (exact) mass is 277 g/mol. The van der Waals surface area contributed by atoms with Gasteiger partial charge in [-0.05, 0) is 38.3 Å². The van der Waals surface area contributed by atoms with Crippen molar-refractivity contribution in [1.82, 2.24) is 4.90 Å². The number of hydrogen-bond donors (Lipinski definition) is 1. The van der Waals surface area contributed by atoms with Crippen LogP contribution in [-0.2, 0) is 6.54 Å². The highest BCUT2D eigenvalue weighted by Crippen LogP contribution is 2.30. The second-order valence-electron chi connectivity index (χ2n) is 5.59. The number of para-hydroxylation sites is 1. The van der Waals surface area contributed by atoms with Gasteiger partial charge >= 0.3 is 0 Å². The van der Waals surface area contributed by atoms with Gasteiger partial charge in [0, 0.05) is 25.7 Å². The van der Waals surface area contributed by atoms with E-state index in [1.165, 1.54) is 19.3 Å². The number of nitrogens with zero attached hydrogens (tertiary/aromatic N) is 2. The van der Waals surface area contributed by atoms with Crippen molar-refractivity contribution in [1.29, 1.82) is 0 Å². The average molecular weight is 277 g/mol. The molecule has 0 amide bonds. The van der Waals surface area contributed by atoms with Gasteiger partial charge in [0.15, 0.2) is 0 Å². The van der Waals surface area contributed by atoms with Crippen molar-refractivity contribution in [2.24, 2.45) is 5.92 Å². The number of nitro benzene ring substituents is 1. The van der Waals surface area contributed by atoms with Crippen LogP contribution in [0.15, 0.2) is 18.2 Å². The maximum atomic E-state index is 11.1. The molecule has 0 aromatic heterocycles.